The zero-order chi connectivity index (χ0) is 14.0. The van der Waals surface area contributed by atoms with E-state index in [0.717, 1.165) is 11.2 Å². The second kappa shape index (κ2) is 5.46. The van der Waals surface area contributed by atoms with E-state index in [9.17, 15) is 8.78 Å². The van der Waals surface area contributed by atoms with Crippen LogP contribution < -0.4 is 4.31 Å². The third kappa shape index (κ3) is 3.45. The lowest BCUT2D eigenvalue weighted by Crippen LogP contribution is -2.35. The van der Waals surface area contributed by atoms with Gasteiger partial charge in [0.25, 0.3) is 0 Å². The van der Waals surface area contributed by atoms with Crippen molar-refractivity contribution in [1.82, 2.24) is 4.98 Å². The van der Waals surface area contributed by atoms with E-state index in [4.69, 9.17) is 0 Å². The Morgan fingerprint density at radius 3 is 2.47 bits per heavy atom. The molecule has 0 spiro atoms. The van der Waals surface area contributed by atoms with E-state index < -0.39 is 11.6 Å². The molecule has 2 nitrogen and oxygen atoms in total. The Balaban J connectivity index is 2.28. The Kier molecular flexibility index (Phi) is 4.10. The van der Waals surface area contributed by atoms with Crippen molar-refractivity contribution < 1.29 is 8.78 Å². The largest absolute Gasteiger partial charge is 0.282 e. The van der Waals surface area contributed by atoms with E-state index in [-0.39, 0.29) is 5.54 Å². The number of hydrogen-bond acceptors (Lipinski definition) is 4. The summed E-state index contributed by atoms with van der Waals surface area (Å²) in [7, 11) is 0. The molecule has 102 valence electrons. The molecule has 0 saturated heterocycles. The van der Waals surface area contributed by atoms with Crippen molar-refractivity contribution in [1.29, 1.82) is 0 Å². The van der Waals surface area contributed by atoms with Crippen molar-refractivity contribution in [3.8, 4) is 0 Å². The Bertz CT molecular complexity index is 550. The summed E-state index contributed by atoms with van der Waals surface area (Å²) in [6.07, 6.45) is 1.73. The molecule has 0 saturated carbocycles. The highest BCUT2D eigenvalue weighted by Crippen LogP contribution is 2.36. The van der Waals surface area contributed by atoms with Crippen molar-refractivity contribution in [2.45, 2.75) is 31.2 Å². The van der Waals surface area contributed by atoms with E-state index in [0.29, 0.717) is 4.90 Å². The molecule has 6 heteroatoms. The number of anilines is 1. The average Bonchev–Trinajstić information content (AvgIpc) is 2.82. The summed E-state index contributed by atoms with van der Waals surface area (Å²) in [6.45, 7) is 6.13. The van der Waals surface area contributed by atoms with Crippen LogP contribution in [-0.4, -0.2) is 10.5 Å². The first kappa shape index (κ1) is 14.3. The fourth-order valence-corrected chi connectivity index (χ4v) is 3.29. The molecular weight excluding hydrogens is 286 g/mol. The molecule has 19 heavy (non-hydrogen) atoms. The SMILES string of the molecule is CC(C)(C)N(Sc1ccc(F)c(F)c1)c1nccs1. The molecule has 2 aromatic rings. The fraction of sp³-hybridized carbons (Fsp3) is 0.308. The van der Waals surface area contributed by atoms with Crippen LogP contribution in [0.25, 0.3) is 0 Å². The highest BCUT2D eigenvalue weighted by molar-refractivity contribution is 8.00. The normalized spacial score (nSPS) is 11.6. The molecule has 0 radical (unpaired) electrons. The molecule has 0 bridgehead atoms. The van der Waals surface area contributed by atoms with E-state index in [1.54, 1.807) is 12.3 Å². The van der Waals surface area contributed by atoms with Gasteiger partial charge in [0, 0.05) is 22.0 Å². The minimum Gasteiger partial charge on any atom is -0.282 e. The quantitative estimate of drug-likeness (QED) is 0.762. The van der Waals surface area contributed by atoms with Gasteiger partial charge in [-0.2, -0.15) is 0 Å². The Hall–Kier alpha value is -1.14. The minimum atomic E-state index is -0.835. The highest BCUT2D eigenvalue weighted by atomic mass is 32.2. The number of thiazole rings is 1. The van der Waals surface area contributed by atoms with Gasteiger partial charge in [0.05, 0.1) is 0 Å². The first-order chi connectivity index (χ1) is 8.88. The summed E-state index contributed by atoms with van der Waals surface area (Å²) in [6, 6.07) is 3.90. The number of aromatic nitrogens is 1. The molecule has 0 N–H and O–H groups in total. The van der Waals surface area contributed by atoms with Crippen LogP contribution in [0.5, 0.6) is 0 Å². The number of hydrogen-bond donors (Lipinski definition) is 0. The fourth-order valence-electron chi connectivity index (χ4n) is 1.42. The zero-order valence-corrected chi connectivity index (χ0v) is 12.5. The van der Waals surface area contributed by atoms with E-state index in [1.165, 1.54) is 29.4 Å². The third-order valence-corrected chi connectivity index (χ3v) is 4.53. The van der Waals surface area contributed by atoms with Gasteiger partial charge in [-0.3, -0.25) is 4.31 Å². The highest BCUT2D eigenvalue weighted by Gasteiger charge is 2.25. The molecule has 0 aliphatic heterocycles. The van der Waals surface area contributed by atoms with Crippen LogP contribution in [0.1, 0.15) is 20.8 Å². The van der Waals surface area contributed by atoms with Gasteiger partial charge in [-0.1, -0.05) is 0 Å². The molecule has 0 atom stereocenters. The van der Waals surface area contributed by atoms with E-state index in [1.807, 2.05) is 30.5 Å². The molecule has 0 unspecified atom stereocenters. The molecule has 0 aliphatic carbocycles. The molecule has 0 aliphatic rings. The van der Waals surface area contributed by atoms with Crippen molar-refractivity contribution in [3.63, 3.8) is 0 Å². The Morgan fingerprint density at radius 1 is 1.21 bits per heavy atom. The molecule has 0 fully saturated rings. The number of rotatable bonds is 3. The van der Waals surface area contributed by atoms with Gasteiger partial charge >= 0.3 is 0 Å². The van der Waals surface area contributed by atoms with Gasteiger partial charge in [-0.05, 0) is 50.9 Å². The van der Waals surface area contributed by atoms with Gasteiger partial charge in [0.2, 0.25) is 0 Å². The van der Waals surface area contributed by atoms with Crippen molar-refractivity contribution in [3.05, 3.63) is 41.4 Å². The monoisotopic (exact) mass is 300 g/mol. The maximum absolute atomic E-state index is 13.2. The molecule has 1 aromatic carbocycles. The Morgan fingerprint density at radius 2 is 1.95 bits per heavy atom. The van der Waals surface area contributed by atoms with Gasteiger partial charge < -0.3 is 0 Å². The van der Waals surface area contributed by atoms with Gasteiger partial charge in [-0.25, -0.2) is 13.8 Å². The molecule has 2 rings (SSSR count). The number of benzene rings is 1. The summed E-state index contributed by atoms with van der Waals surface area (Å²) in [5, 5.41) is 2.72. The molecule has 1 aromatic heterocycles. The third-order valence-electron chi connectivity index (χ3n) is 2.29. The van der Waals surface area contributed by atoms with Gasteiger partial charge in [-0.15, -0.1) is 11.3 Å². The van der Waals surface area contributed by atoms with Crippen LogP contribution in [0.4, 0.5) is 13.9 Å². The van der Waals surface area contributed by atoms with Crippen molar-refractivity contribution in [2.24, 2.45) is 0 Å². The van der Waals surface area contributed by atoms with Crippen LogP contribution in [0.15, 0.2) is 34.7 Å². The number of halogens is 2. The first-order valence-corrected chi connectivity index (χ1v) is 7.36. The van der Waals surface area contributed by atoms with E-state index >= 15 is 0 Å². The first-order valence-electron chi connectivity index (χ1n) is 5.70. The average molecular weight is 300 g/mol. The summed E-state index contributed by atoms with van der Waals surface area (Å²) < 4.78 is 28.2. The summed E-state index contributed by atoms with van der Waals surface area (Å²) >= 11 is 2.86. The van der Waals surface area contributed by atoms with Crippen molar-refractivity contribution >= 4 is 28.4 Å². The van der Waals surface area contributed by atoms with Crippen LogP contribution >= 0.6 is 23.3 Å². The van der Waals surface area contributed by atoms with E-state index in [2.05, 4.69) is 4.98 Å². The standard InChI is InChI=1S/C13H14F2N2S2/c1-13(2,3)17(12-16-6-7-18-12)19-9-4-5-10(14)11(15)8-9/h4-8H,1-3H3. The lowest BCUT2D eigenvalue weighted by molar-refractivity contribution is 0.505. The van der Waals surface area contributed by atoms with Crippen LogP contribution in [0, 0.1) is 11.6 Å². The second-order valence-electron chi connectivity index (χ2n) is 4.95. The lowest BCUT2D eigenvalue weighted by atomic mass is 10.1. The van der Waals surface area contributed by atoms with Crippen LogP contribution in [0.3, 0.4) is 0 Å². The lowest BCUT2D eigenvalue weighted by Gasteiger charge is -2.33. The maximum atomic E-state index is 13.2. The van der Waals surface area contributed by atoms with Gasteiger partial charge in [0.1, 0.15) is 0 Å². The Labute approximate surface area is 119 Å². The van der Waals surface area contributed by atoms with Crippen molar-refractivity contribution in [2.75, 3.05) is 4.31 Å². The topological polar surface area (TPSA) is 16.1 Å². The molecule has 0 amide bonds. The van der Waals surface area contributed by atoms with Gasteiger partial charge in [0.15, 0.2) is 16.8 Å². The van der Waals surface area contributed by atoms with Crippen LogP contribution in [-0.2, 0) is 0 Å². The summed E-state index contributed by atoms with van der Waals surface area (Å²) in [5.74, 6) is -1.67. The number of nitrogens with zero attached hydrogens (tertiary/aromatic N) is 2. The second-order valence-corrected chi connectivity index (χ2v) is 6.84. The predicted molar refractivity (Wildman–Crippen MR) is 76.6 cm³/mol. The molecular formula is C13H14F2N2S2. The summed E-state index contributed by atoms with van der Waals surface area (Å²) in [4.78, 5) is 4.92. The molecule has 1 heterocycles. The summed E-state index contributed by atoms with van der Waals surface area (Å²) in [5.41, 5.74) is -0.187. The minimum absolute atomic E-state index is 0.187. The zero-order valence-electron chi connectivity index (χ0n) is 10.9. The smallest absolute Gasteiger partial charge is 0.196 e. The predicted octanol–water partition coefficient (Wildman–Crippen LogP) is 4.73. The van der Waals surface area contributed by atoms with Crippen LogP contribution in [0.2, 0.25) is 0 Å². The maximum Gasteiger partial charge on any atom is 0.196 e.